The van der Waals surface area contributed by atoms with Crippen LogP contribution in [0, 0.1) is 10.1 Å². The minimum absolute atomic E-state index is 0.0595. The van der Waals surface area contributed by atoms with Gasteiger partial charge in [0.25, 0.3) is 5.69 Å². The first kappa shape index (κ1) is 17.9. The maximum atomic E-state index is 12.4. The van der Waals surface area contributed by atoms with Gasteiger partial charge in [0.05, 0.1) is 11.5 Å². The van der Waals surface area contributed by atoms with Crippen LogP contribution >= 0.6 is 0 Å². The normalized spacial score (nSPS) is 15.2. The highest BCUT2D eigenvalue weighted by Crippen LogP contribution is 2.28. The standard InChI is InChI=1S/C16H22N4O4/c1-12(21)13-4-5-14(15(10-13)20(23)24)18(3)11-16(22)19-8-6-17(2)7-9-19/h4-5,10H,6-9,11H2,1-3H3. The summed E-state index contributed by atoms with van der Waals surface area (Å²) in [5, 5.41) is 11.3. The summed E-state index contributed by atoms with van der Waals surface area (Å²) < 4.78 is 0. The van der Waals surface area contributed by atoms with Crippen LogP contribution in [0.2, 0.25) is 0 Å². The van der Waals surface area contributed by atoms with Crippen LogP contribution in [0.15, 0.2) is 18.2 Å². The number of carbonyl (C=O) groups excluding carboxylic acids is 2. The van der Waals surface area contributed by atoms with Crippen molar-refractivity contribution in [2.45, 2.75) is 6.92 Å². The molecule has 1 aliphatic rings. The zero-order valence-electron chi connectivity index (χ0n) is 14.2. The molecule has 1 heterocycles. The molecule has 0 aromatic heterocycles. The van der Waals surface area contributed by atoms with Crippen molar-refractivity contribution in [2.24, 2.45) is 0 Å². The average molecular weight is 334 g/mol. The van der Waals surface area contributed by atoms with Gasteiger partial charge in [-0.2, -0.15) is 0 Å². The third-order valence-corrected chi connectivity index (χ3v) is 4.22. The van der Waals surface area contributed by atoms with Crippen LogP contribution in [0.1, 0.15) is 17.3 Å². The van der Waals surface area contributed by atoms with Crippen molar-refractivity contribution in [3.8, 4) is 0 Å². The molecule has 130 valence electrons. The Morgan fingerprint density at radius 3 is 2.42 bits per heavy atom. The summed E-state index contributed by atoms with van der Waals surface area (Å²) in [5.74, 6) is -0.295. The predicted molar refractivity (Wildman–Crippen MR) is 90.4 cm³/mol. The molecule has 1 amide bonds. The molecule has 0 N–H and O–H groups in total. The van der Waals surface area contributed by atoms with Gasteiger partial charge in [-0.15, -0.1) is 0 Å². The van der Waals surface area contributed by atoms with Crippen LogP contribution < -0.4 is 4.90 Å². The number of benzene rings is 1. The smallest absolute Gasteiger partial charge is 0.293 e. The molecule has 1 aromatic carbocycles. The molecule has 24 heavy (non-hydrogen) atoms. The van der Waals surface area contributed by atoms with Crippen LogP contribution in [0.3, 0.4) is 0 Å². The Morgan fingerprint density at radius 1 is 1.25 bits per heavy atom. The van der Waals surface area contributed by atoms with Crippen molar-refractivity contribution in [2.75, 3.05) is 51.7 Å². The summed E-state index contributed by atoms with van der Waals surface area (Å²) in [6, 6.07) is 4.32. The Morgan fingerprint density at radius 2 is 1.88 bits per heavy atom. The van der Waals surface area contributed by atoms with Crippen molar-refractivity contribution in [3.05, 3.63) is 33.9 Å². The molecule has 0 aliphatic carbocycles. The topological polar surface area (TPSA) is 87.0 Å². The molecule has 1 fully saturated rings. The lowest BCUT2D eigenvalue weighted by Crippen LogP contribution is -2.49. The van der Waals surface area contributed by atoms with Gasteiger partial charge in [-0.3, -0.25) is 19.7 Å². The maximum Gasteiger partial charge on any atom is 0.293 e. The van der Waals surface area contributed by atoms with Gasteiger partial charge in [0.1, 0.15) is 5.69 Å². The largest absolute Gasteiger partial charge is 0.360 e. The van der Waals surface area contributed by atoms with Crippen LogP contribution in [-0.2, 0) is 4.79 Å². The summed E-state index contributed by atoms with van der Waals surface area (Å²) in [6.07, 6.45) is 0. The van der Waals surface area contributed by atoms with Gasteiger partial charge < -0.3 is 14.7 Å². The van der Waals surface area contributed by atoms with E-state index in [4.69, 9.17) is 0 Å². The number of rotatable bonds is 5. The zero-order chi connectivity index (χ0) is 17.9. The molecule has 0 spiro atoms. The zero-order valence-corrected chi connectivity index (χ0v) is 14.2. The first-order chi connectivity index (χ1) is 11.3. The van der Waals surface area contributed by atoms with Gasteiger partial charge in [-0.25, -0.2) is 0 Å². The number of nitrogens with zero attached hydrogens (tertiary/aromatic N) is 4. The van der Waals surface area contributed by atoms with Gasteiger partial charge in [0, 0.05) is 44.9 Å². The quantitative estimate of drug-likeness (QED) is 0.454. The molecule has 0 atom stereocenters. The number of likely N-dealkylation sites (N-methyl/N-ethyl adjacent to an activating group) is 2. The fraction of sp³-hybridized carbons (Fsp3) is 0.500. The Kier molecular flexibility index (Phi) is 5.50. The molecule has 1 aromatic rings. The first-order valence-electron chi connectivity index (χ1n) is 7.76. The van der Waals surface area contributed by atoms with Crippen LogP contribution in [0.5, 0.6) is 0 Å². The molecule has 0 bridgehead atoms. The van der Waals surface area contributed by atoms with E-state index < -0.39 is 4.92 Å². The lowest BCUT2D eigenvalue weighted by Gasteiger charge is -2.33. The fourth-order valence-corrected chi connectivity index (χ4v) is 2.66. The van der Waals surface area contributed by atoms with Crippen molar-refractivity contribution in [1.29, 1.82) is 0 Å². The first-order valence-corrected chi connectivity index (χ1v) is 7.76. The van der Waals surface area contributed by atoms with E-state index in [1.54, 1.807) is 22.9 Å². The van der Waals surface area contributed by atoms with E-state index >= 15 is 0 Å². The number of carbonyl (C=O) groups is 2. The highest BCUT2D eigenvalue weighted by molar-refractivity contribution is 5.95. The van der Waals surface area contributed by atoms with Crippen molar-refractivity contribution in [3.63, 3.8) is 0 Å². The molecule has 0 saturated carbocycles. The van der Waals surface area contributed by atoms with E-state index in [0.29, 0.717) is 18.8 Å². The van der Waals surface area contributed by atoms with E-state index in [9.17, 15) is 19.7 Å². The minimum atomic E-state index is -0.529. The summed E-state index contributed by atoms with van der Waals surface area (Å²) in [7, 11) is 3.65. The Hall–Kier alpha value is -2.48. The van der Waals surface area contributed by atoms with Crippen LogP contribution in [0.4, 0.5) is 11.4 Å². The number of nitro groups is 1. The number of Topliss-reactive ketones (excluding diaryl/α,β-unsaturated/α-hetero) is 1. The molecule has 2 rings (SSSR count). The summed E-state index contributed by atoms with van der Waals surface area (Å²) in [5.41, 5.74) is 0.438. The highest BCUT2D eigenvalue weighted by atomic mass is 16.6. The third kappa shape index (κ3) is 4.08. The third-order valence-electron chi connectivity index (χ3n) is 4.22. The molecule has 0 unspecified atom stereocenters. The molecular weight excluding hydrogens is 312 g/mol. The molecule has 1 aliphatic heterocycles. The van der Waals surface area contributed by atoms with Crippen LogP contribution in [-0.4, -0.2) is 73.2 Å². The second kappa shape index (κ2) is 7.39. The summed E-state index contributed by atoms with van der Waals surface area (Å²) in [6.45, 7) is 4.39. The number of ketones is 1. The maximum absolute atomic E-state index is 12.4. The number of hydrogen-bond acceptors (Lipinski definition) is 6. The minimum Gasteiger partial charge on any atom is -0.360 e. The van der Waals surface area contributed by atoms with Gasteiger partial charge >= 0.3 is 0 Å². The van der Waals surface area contributed by atoms with Crippen LogP contribution in [0.25, 0.3) is 0 Å². The van der Waals surface area contributed by atoms with E-state index in [1.807, 2.05) is 7.05 Å². The molecule has 8 heteroatoms. The van der Waals surface area contributed by atoms with E-state index in [2.05, 4.69) is 4.90 Å². The van der Waals surface area contributed by atoms with E-state index in [-0.39, 0.29) is 29.5 Å². The van der Waals surface area contributed by atoms with Gasteiger partial charge in [-0.05, 0) is 26.1 Å². The molecule has 0 radical (unpaired) electrons. The van der Waals surface area contributed by atoms with Crippen molar-refractivity contribution >= 4 is 23.1 Å². The molecule has 1 saturated heterocycles. The number of piperazine rings is 1. The predicted octanol–water partition coefficient (Wildman–Crippen LogP) is 1.01. The summed E-state index contributed by atoms with van der Waals surface area (Å²) >= 11 is 0. The summed E-state index contributed by atoms with van der Waals surface area (Å²) in [4.78, 5) is 40.0. The van der Waals surface area contributed by atoms with E-state index in [0.717, 1.165) is 13.1 Å². The number of amides is 1. The average Bonchev–Trinajstić information content (AvgIpc) is 2.54. The van der Waals surface area contributed by atoms with Gasteiger partial charge in [0.15, 0.2) is 5.78 Å². The Labute approximate surface area is 140 Å². The number of nitro benzene ring substituents is 1. The SMILES string of the molecule is CC(=O)c1ccc(N(C)CC(=O)N2CCN(C)CC2)c([N+](=O)[O-])c1. The lowest BCUT2D eigenvalue weighted by atomic mass is 10.1. The van der Waals surface area contributed by atoms with Gasteiger partial charge in [-0.1, -0.05) is 0 Å². The fourth-order valence-electron chi connectivity index (χ4n) is 2.66. The monoisotopic (exact) mass is 334 g/mol. The van der Waals surface area contributed by atoms with Crippen molar-refractivity contribution < 1.29 is 14.5 Å². The van der Waals surface area contributed by atoms with E-state index in [1.165, 1.54) is 19.1 Å². The molecule has 8 nitrogen and oxygen atoms in total. The highest BCUT2D eigenvalue weighted by Gasteiger charge is 2.24. The Bertz CT molecular complexity index is 653. The number of hydrogen-bond donors (Lipinski definition) is 0. The number of anilines is 1. The molecular formula is C16H22N4O4. The van der Waals surface area contributed by atoms with Crippen molar-refractivity contribution in [1.82, 2.24) is 9.80 Å². The lowest BCUT2D eigenvalue weighted by molar-refractivity contribution is -0.384. The van der Waals surface area contributed by atoms with Gasteiger partial charge in [0.2, 0.25) is 5.91 Å². The second-order valence-corrected chi connectivity index (χ2v) is 6.06. The second-order valence-electron chi connectivity index (χ2n) is 6.06. The Balaban J connectivity index is 2.14.